The minimum atomic E-state index is -1.11. The van der Waals surface area contributed by atoms with Crippen LogP contribution in [0.25, 0.3) is 0 Å². The molecule has 312 valence electrons. The van der Waals surface area contributed by atoms with Gasteiger partial charge in [-0.3, -0.25) is 10.5 Å². The van der Waals surface area contributed by atoms with Gasteiger partial charge in [0.15, 0.2) is 5.78 Å². The first-order valence-corrected chi connectivity index (χ1v) is 23.2. The Bertz CT molecular complexity index is 1460. The highest BCUT2D eigenvalue weighted by atomic mass is 16.6. The van der Waals surface area contributed by atoms with Gasteiger partial charge in [-0.15, -0.1) is 0 Å². The summed E-state index contributed by atoms with van der Waals surface area (Å²) in [5.41, 5.74) is 3.43. The van der Waals surface area contributed by atoms with E-state index in [0.29, 0.717) is 37.2 Å². The molecule has 7 fully saturated rings. The second-order valence-corrected chi connectivity index (χ2v) is 22.4. The van der Waals surface area contributed by atoms with Gasteiger partial charge < -0.3 is 30.1 Å². The van der Waals surface area contributed by atoms with E-state index < -0.39 is 28.3 Å². The van der Waals surface area contributed by atoms with Crippen LogP contribution in [0.3, 0.4) is 0 Å². The van der Waals surface area contributed by atoms with Crippen molar-refractivity contribution < 1.29 is 34.9 Å². The van der Waals surface area contributed by atoms with Crippen LogP contribution in [0.2, 0.25) is 0 Å². The minimum absolute atomic E-state index is 0.0366. The summed E-state index contributed by atoms with van der Waals surface area (Å²) in [7, 11) is 0. The molecule has 15 unspecified atom stereocenters. The maximum absolute atomic E-state index is 14.2. The van der Waals surface area contributed by atoms with E-state index in [1.54, 1.807) is 0 Å². The van der Waals surface area contributed by atoms with Gasteiger partial charge in [-0.25, -0.2) is 0 Å². The zero-order valence-electron chi connectivity index (χ0n) is 35.5. The fourth-order valence-corrected chi connectivity index (χ4v) is 15.0. The van der Waals surface area contributed by atoms with E-state index in [-0.39, 0.29) is 52.7 Å². The number of epoxide rings is 1. The van der Waals surface area contributed by atoms with Crippen LogP contribution in [0, 0.1) is 57.7 Å². The lowest BCUT2D eigenvalue weighted by molar-refractivity contribution is -0.699. The smallest absolute Gasteiger partial charge is 0.159 e. The van der Waals surface area contributed by atoms with Gasteiger partial charge in [0.2, 0.25) is 0 Å². The van der Waals surface area contributed by atoms with E-state index in [2.05, 4.69) is 39.9 Å². The average molecular weight is 768 g/mol. The van der Waals surface area contributed by atoms with Crippen LogP contribution in [0.5, 0.6) is 0 Å². The number of ether oxygens (including phenoxy) is 2. The highest BCUT2D eigenvalue weighted by Crippen LogP contribution is 2.72. The molecule has 0 aromatic heterocycles. The van der Waals surface area contributed by atoms with Crippen LogP contribution in [-0.4, -0.2) is 75.5 Å². The molecule has 0 radical (unpaired) electrons. The van der Waals surface area contributed by atoms with Gasteiger partial charge in [-0.05, 0) is 142 Å². The molecule has 0 spiro atoms. The molecule has 7 N–H and O–H groups in total. The molecule has 55 heavy (non-hydrogen) atoms. The number of carbonyl (C=O) groups excluding carboxylic acids is 1. The van der Waals surface area contributed by atoms with Crippen molar-refractivity contribution in [2.45, 2.75) is 205 Å². The van der Waals surface area contributed by atoms with Crippen LogP contribution in [0.1, 0.15) is 164 Å². The Balaban J connectivity index is 1.12. The fraction of sp³-hybridized carbons (Fsp3) is 0.936. The Morgan fingerprint density at radius 2 is 1.71 bits per heavy atom. The molecule has 8 nitrogen and oxygen atoms in total. The normalized spacial score (nSPS) is 49.0. The largest absolute Gasteiger partial charge is 0.393 e. The number of hydrogen-bond acceptors (Lipinski definition) is 7. The van der Waals surface area contributed by atoms with E-state index in [0.717, 1.165) is 82.2 Å². The van der Waals surface area contributed by atoms with Crippen LogP contribution in [0.15, 0.2) is 11.6 Å². The van der Waals surface area contributed by atoms with Gasteiger partial charge in [0, 0.05) is 24.4 Å². The van der Waals surface area contributed by atoms with E-state index >= 15 is 0 Å². The summed E-state index contributed by atoms with van der Waals surface area (Å²) in [4.78, 5) is 14.2. The molecule has 0 aromatic carbocycles. The molecule has 0 bridgehead atoms. The Morgan fingerprint density at radius 1 is 0.945 bits per heavy atom. The van der Waals surface area contributed by atoms with Crippen molar-refractivity contribution in [3.63, 3.8) is 0 Å². The number of rotatable bonds is 10. The second kappa shape index (κ2) is 14.7. The van der Waals surface area contributed by atoms with Crippen LogP contribution < -0.4 is 11.1 Å². The molecule has 3 heterocycles. The molecule has 0 amide bonds. The number of nitrogens with two attached hydrogens (primary N) is 2. The molecule has 8 heteroatoms. The number of fused-ring (bicyclic) bond motifs is 5. The lowest BCUT2D eigenvalue weighted by Gasteiger charge is -2.63. The summed E-state index contributed by atoms with van der Waals surface area (Å²) in [6, 6.07) is 0. The fourth-order valence-electron chi connectivity index (χ4n) is 15.0. The Labute approximate surface area is 332 Å². The number of aliphatic hydroxyl groups excluding tert-OH is 1. The van der Waals surface area contributed by atoms with Crippen molar-refractivity contribution in [2.75, 3.05) is 13.2 Å². The lowest BCUT2D eigenvalue weighted by atomic mass is 9.42. The van der Waals surface area contributed by atoms with Crippen molar-refractivity contribution in [3.8, 4) is 0 Å². The molecule has 8 rings (SSSR count). The number of ketones is 1. The molecular weight excluding hydrogens is 689 g/mol. The molecule has 4 saturated carbocycles. The molecule has 15 atom stereocenters. The quantitative estimate of drug-likeness (QED) is 0.158. The van der Waals surface area contributed by atoms with Gasteiger partial charge >= 0.3 is 0 Å². The Kier molecular flexibility index (Phi) is 10.9. The van der Waals surface area contributed by atoms with Gasteiger partial charge in [0.1, 0.15) is 24.0 Å². The summed E-state index contributed by atoms with van der Waals surface area (Å²) in [6.07, 6.45) is 20.7. The van der Waals surface area contributed by atoms with Crippen LogP contribution in [0.4, 0.5) is 0 Å². The van der Waals surface area contributed by atoms with Crippen molar-refractivity contribution >= 4 is 5.78 Å². The van der Waals surface area contributed by atoms with Crippen LogP contribution in [-0.2, 0) is 14.3 Å². The first-order chi connectivity index (χ1) is 25.9. The van der Waals surface area contributed by atoms with Gasteiger partial charge in [0.25, 0.3) is 0 Å². The first-order valence-electron chi connectivity index (χ1n) is 23.2. The number of carbonyl (C=O) groups is 1. The van der Waals surface area contributed by atoms with Crippen molar-refractivity contribution in [1.82, 2.24) is 0 Å². The third kappa shape index (κ3) is 6.78. The third-order valence-corrected chi connectivity index (χ3v) is 18.8. The molecule has 3 saturated heterocycles. The zero-order valence-corrected chi connectivity index (χ0v) is 35.5. The van der Waals surface area contributed by atoms with Crippen LogP contribution >= 0.6 is 0 Å². The van der Waals surface area contributed by atoms with E-state index in [1.807, 2.05) is 13.0 Å². The van der Waals surface area contributed by atoms with E-state index in [9.17, 15) is 20.1 Å². The molecule has 5 aliphatic carbocycles. The number of hydrogen-bond donors (Lipinski definition) is 5. The van der Waals surface area contributed by atoms with Crippen molar-refractivity contribution in [3.05, 3.63) is 11.6 Å². The maximum atomic E-state index is 14.2. The van der Waals surface area contributed by atoms with Gasteiger partial charge in [0.05, 0.1) is 23.9 Å². The predicted molar refractivity (Wildman–Crippen MR) is 215 cm³/mol. The topological polar surface area (TPSA) is 142 Å². The first kappa shape index (κ1) is 40.9. The van der Waals surface area contributed by atoms with E-state index in [1.165, 1.54) is 44.9 Å². The number of aliphatic hydroxyl groups is 3. The molecular formula is C47H79N2O6+. The highest BCUT2D eigenvalue weighted by molar-refractivity contribution is 5.95. The Hall–Kier alpha value is -0.870. The summed E-state index contributed by atoms with van der Waals surface area (Å²) < 4.78 is 14.0. The predicted octanol–water partition coefficient (Wildman–Crippen LogP) is 6.58. The number of piperidine rings is 1. The minimum Gasteiger partial charge on any atom is -0.393 e. The van der Waals surface area contributed by atoms with Gasteiger partial charge in [-0.1, -0.05) is 73.1 Å². The number of allylic oxidation sites excluding steroid dienone is 1. The summed E-state index contributed by atoms with van der Waals surface area (Å²) in [5, 5.41) is 39.1. The SMILES string of the molecule is CC1CCOC(C2OC2C(C)(O)C(C)(C)CCC2CC[NH2+]C(N)C2)(C2CCC3(O)C4=CC(=O)C5CC(O)CCC5(C)C4C(CCC4CCCCC4)CC23C)C1. The van der Waals surface area contributed by atoms with Gasteiger partial charge in [-0.2, -0.15) is 0 Å². The lowest BCUT2D eigenvalue weighted by Crippen LogP contribution is -2.94. The molecule has 0 aromatic rings. The summed E-state index contributed by atoms with van der Waals surface area (Å²) >= 11 is 0. The summed E-state index contributed by atoms with van der Waals surface area (Å²) in [5.74, 6) is 2.29. The standard InChI is InChI=1S/C47H78N2O6/c1-29-18-23-54-46(27-29,41-40(55-41)45(6,52)42(2,3)19-14-31-17-22-49-38(48)24-31)37-16-21-47(53)35-26-36(51)34-25-33(50)15-20-43(34,4)39(35)32(28-44(37,47)5)13-12-30-10-8-7-9-11-30/h26,29-34,37-41,49-50,52-53H,7-25,27-28,48H2,1-6H3/p+1. The van der Waals surface area contributed by atoms with E-state index in [4.69, 9.17) is 15.2 Å². The highest BCUT2D eigenvalue weighted by Gasteiger charge is 2.76. The average Bonchev–Trinajstić information content (AvgIpc) is 3.91. The molecule has 8 aliphatic rings. The number of quaternary nitrogens is 1. The Morgan fingerprint density at radius 3 is 2.44 bits per heavy atom. The summed E-state index contributed by atoms with van der Waals surface area (Å²) in [6.45, 7) is 15.2. The third-order valence-electron chi connectivity index (χ3n) is 18.8. The second-order valence-electron chi connectivity index (χ2n) is 22.4. The maximum Gasteiger partial charge on any atom is 0.159 e. The van der Waals surface area contributed by atoms with Crippen molar-refractivity contribution in [1.29, 1.82) is 0 Å². The molecule has 3 aliphatic heterocycles. The monoisotopic (exact) mass is 768 g/mol. The zero-order chi connectivity index (χ0) is 39.2. The van der Waals surface area contributed by atoms with Crippen molar-refractivity contribution in [2.24, 2.45) is 63.4 Å².